The zero-order chi connectivity index (χ0) is 17.3. The van der Waals surface area contributed by atoms with Crippen LogP contribution < -0.4 is 10.6 Å². The fourth-order valence-electron chi connectivity index (χ4n) is 2.46. The number of guanidine groups is 1. The van der Waals surface area contributed by atoms with Gasteiger partial charge in [0.2, 0.25) is 0 Å². The molecule has 0 fully saturated rings. The van der Waals surface area contributed by atoms with Crippen LogP contribution >= 0.6 is 24.0 Å². The van der Waals surface area contributed by atoms with Crippen LogP contribution in [-0.2, 0) is 13.0 Å². The van der Waals surface area contributed by atoms with Gasteiger partial charge in [-0.25, -0.2) is 4.98 Å². The molecule has 1 aromatic carbocycles. The largest absolute Gasteiger partial charge is 0.356 e. The fourth-order valence-corrected chi connectivity index (χ4v) is 2.46. The summed E-state index contributed by atoms with van der Waals surface area (Å²) in [5.74, 6) is 1.61. The lowest BCUT2D eigenvalue weighted by molar-refractivity contribution is 0.767. The van der Waals surface area contributed by atoms with E-state index in [4.69, 9.17) is 0 Å². The maximum atomic E-state index is 4.42. The topological polar surface area (TPSA) is 78.0 Å². The molecule has 0 atom stereocenters. The second-order valence-electron chi connectivity index (χ2n) is 5.53. The van der Waals surface area contributed by atoms with E-state index in [-0.39, 0.29) is 24.0 Å². The molecule has 7 heteroatoms. The molecule has 6 nitrogen and oxygen atoms in total. The zero-order valence-electron chi connectivity index (χ0n) is 14.6. The van der Waals surface area contributed by atoms with E-state index in [0.29, 0.717) is 6.54 Å². The number of hydrogen-bond acceptors (Lipinski definition) is 3. The van der Waals surface area contributed by atoms with E-state index in [1.54, 1.807) is 7.05 Å². The Kier molecular flexibility index (Phi) is 8.07. The van der Waals surface area contributed by atoms with Crippen LogP contribution in [0.4, 0.5) is 0 Å². The number of benzene rings is 1. The predicted molar refractivity (Wildman–Crippen MR) is 116 cm³/mol. The van der Waals surface area contributed by atoms with Crippen LogP contribution in [0.25, 0.3) is 11.3 Å². The summed E-state index contributed by atoms with van der Waals surface area (Å²) in [6, 6.07) is 16.1. The van der Waals surface area contributed by atoms with Gasteiger partial charge in [0.15, 0.2) is 5.96 Å². The molecule has 2 heterocycles. The molecular formula is C19H23IN6. The summed E-state index contributed by atoms with van der Waals surface area (Å²) in [7, 11) is 1.76. The van der Waals surface area contributed by atoms with Crippen molar-refractivity contribution in [2.24, 2.45) is 4.99 Å². The van der Waals surface area contributed by atoms with Gasteiger partial charge in [0, 0.05) is 31.9 Å². The third-order valence-corrected chi connectivity index (χ3v) is 3.76. The molecule has 3 aromatic rings. The number of rotatable bonds is 6. The summed E-state index contributed by atoms with van der Waals surface area (Å²) in [6.45, 7) is 1.35. The van der Waals surface area contributed by atoms with Crippen LogP contribution in [-0.4, -0.2) is 34.5 Å². The molecule has 0 saturated heterocycles. The number of aromatic amines is 1. The van der Waals surface area contributed by atoms with Crippen LogP contribution in [0.5, 0.6) is 0 Å². The predicted octanol–water partition coefficient (Wildman–Crippen LogP) is 3.00. The van der Waals surface area contributed by atoms with Gasteiger partial charge in [0.05, 0.1) is 18.4 Å². The SMILES string of the molecule is CN=C(NCCc1ccccn1)NCc1ncc(-c2ccccc2)[nH]1.I. The standard InChI is InChI=1S/C19H22N6.HI/c1-20-19(22-12-10-16-9-5-6-11-21-16)24-14-18-23-13-17(25-18)15-7-3-2-4-8-15;/h2-9,11,13H,10,12,14H2,1H3,(H,23,25)(H2,20,22,24);1H. The third kappa shape index (κ3) is 5.83. The minimum absolute atomic E-state index is 0. The minimum Gasteiger partial charge on any atom is -0.356 e. The highest BCUT2D eigenvalue weighted by atomic mass is 127. The quantitative estimate of drug-likeness (QED) is 0.299. The molecule has 0 radical (unpaired) electrons. The minimum atomic E-state index is 0. The summed E-state index contributed by atoms with van der Waals surface area (Å²) in [5, 5.41) is 6.55. The van der Waals surface area contributed by atoms with Gasteiger partial charge in [-0.1, -0.05) is 36.4 Å². The van der Waals surface area contributed by atoms with Gasteiger partial charge in [-0.3, -0.25) is 9.98 Å². The molecule has 0 unspecified atom stereocenters. The monoisotopic (exact) mass is 462 g/mol. The van der Waals surface area contributed by atoms with Gasteiger partial charge in [0.25, 0.3) is 0 Å². The molecular weight excluding hydrogens is 439 g/mol. The number of imidazole rings is 1. The first-order valence-corrected chi connectivity index (χ1v) is 8.29. The van der Waals surface area contributed by atoms with Crippen molar-refractivity contribution >= 4 is 29.9 Å². The molecule has 3 N–H and O–H groups in total. The molecule has 3 rings (SSSR count). The highest BCUT2D eigenvalue weighted by Gasteiger charge is 2.04. The summed E-state index contributed by atoms with van der Waals surface area (Å²) < 4.78 is 0. The van der Waals surface area contributed by atoms with Gasteiger partial charge in [-0.15, -0.1) is 24.0 Å². The third-order valence-electron chi connectivity index (χ3n) is 3.76. The molecule has 26 heavy (non-hydrogen) atoms. The van der Waals surface area contributed by atoms with Crippen LogP contribution in [0.1, 0.15) is 11.5 Å². The lowest BCUT2D eigenvalue weighted by Crippen LogP contribution is -2.38. The zero-order valence-corrected chi connectivity index (χ0v) is 17.0. The molecule has 0 spiro atoms. The van der Waals surface area contributed by atoms with Crippen LogP contribution in [0, 0.1) is 0 Å². The maximum absolute atomic E-state index is 4.42. The van der Waals surface area contributed by atoms with Gasteiger partial charge in [-0.05, 0) is 17.7 Å². The molecule has 0 aliphatic heterocycles. The Labute approximate surface area is 170 Å². The van der Waals surface area contributed by atoms with Crippen molar-refractivity contribution in [3.05, 3.63) is 72.4 Å². The Morgan fingerprint density at radius 2 is 1.85 bits per heavy atom. The van der Waals surface area contributed by atoms with Crippen molar-refractivity contribution in [1.82, 2.24) is 25.6 Å². The average molecular weight is 462 g/mol. The number of nitrogens with one attached hydrogen (secondary N) is 3. The van der Waals surface area contributed by atoms with Gasteiger partial charge < -0.3 is 15.6 Å². The van der Waals surface area contributed by atoms with Gasteiger partial charge in [0.1, 0.15) is 5.82 Å². The number of hydrogen-bond donors (Lipinski definition) is 3. The smallest absolute Gasteiger partial charge is 0.191 e. The lowest BCUT2D eigenvalue weighted by atomic mass is 10.2. The second kappa shape index (κ2) is 10.5. The Balaban J connectivity index is 0.00000243. The molecule has 0 aliphatic rings. The van der Waals surface area contributed by atoms with Crippen molar-refractivity contribution < 1.29 is 0 Å². The van der Waals surface area contributed by atoms with E-state index in [1.165, 1.54) is 0 Å². The number of pyridine rings is 1. The van der Waals surface area contributed by atoms with E-state index in [1.807, 2.05) is 48.8 Å². The Morgan fingerprint density at radius 3 is 2.58 bits per heavy atom. The normalized spacial score (nSPS) is 10.9. The fraction of sp³-hybridized carbons (Fsp3) is 0.211. The Morgan fingerprint density at radius 1 is 1.04 bits per heavy atom. The van der Waals surface area contributed by atoms with E-state index >= 15 is 0 Å². The molecule has 0 aliphatic carbocycles. The summed E-state index contributed by atoms with van der Waals surface area (Å²) in [5.41, 5.74) is 3.19. The van der Waals surface area contributed by atoms with Crippen LogP contribution in [0.2, 0.25) is 0 Å². The van der Waals surface area contributed by atoms with Gasteiger partial charge in [-0.2, -0.15) is 0 Å². The number of aliphatic imine (C=N–C) groups is 1. The number of nitrogens with zero attached hydrogens (tertiary/aromatic N) is 3. The van der Waals surface area contributed by atoms with E-state index < -0.39 is 0 Å². The highest BCUT2D eigenvalue weighted by molar-refractivity contribution is 14.0. The number of H-pyrrole nitrogens is 1. The molecule has 0 amide bonds. The van der Waals surface area contributed by atoms with Crippen molar-refractivity contribution in [2.75, 3.05) is 13.6 Å². The van der Waals surface area contributed by atoms with Crippen molar-refractivity contribution in [3.8, 4) is 11.3 Å². The van der Waals surface area contributed by atoms with Gasteiger partial charge >= 0.3 is 0 Å². The van der Waals surface area contributed by atoms with E-state index in [2.05, 4.69) is 42.7 Å². The first-order valence-electron chi connectivity index (χ1n) is 8.29. The number of aromatic nitrogens is 3. The lowest BCUT2D eigenvalue weighted by Gasteiger charge is -2.10. The Bertz CT molecular complexity index is 801. The summed E-state index contributed by atoms with van der Waals surface area (Å²) in [6.07, 6.45) is 4.51. The van der Waals surface area contributed by atoms with Crippen LogP contribution in [0.15, 0.2) is 65.9 Å². The van der Waals surface area contributed by atoms with Crippen molar-refractivity contribution in [1.29, 1.82) is 0 Å². The number of halogens is 1. The first kappa shape index (κ1) is 19.9. The molecule has 0 bridgehead atoms. The Hall–Kier alpha value is -2.42. The summed E-state index contributed by atoms with van der Waals surface area (Å²) in [4.78, 5) is 16.3. The van der Waals surface area contributed by atoms with E-state index in [0.717, 1.165) is 41.7 Å². The average Bonchev–Trinajstić information content (AvgIpc) is 3.15. The second-order valence-corrected chi connectivity index (χ2v) is 5.53. The van der Waals surface area contributed by atoms with Crippen LogP contribution in [0.3, 0.4) is 0 Å². The van der Waals surface area contributed by atoms with Crippen molar-refractivity contribution in [2.45, 2.75) is 13.0 Å². The van der Waals surface area contributed by atoms with Crippen molar-refractivity contribution in [3.63, 3.8) is 0 Å². The maximum Gasteiger partial charge on any atom is 0.191 e. The highest BCUT2D eigenvalue weighted by Crippen LogP contribution is 2.15. The first-order chi connectivity index (χ1) is 12.3. The molecule has 136 valence electrons. The molecule has 0 saturated carbocycles. The van der Waals surface area contributed by atoms with E-state index in [9.17, 15) is 0 Å². The summed E-state index contributed by atoms with van der Waals surface area (Å²) >= 11 is 0. The molecule has 2 aromatic heterocycles.